The maximum Gasteiger partial charge on any atom is 0.245 e. The lowest BCUT2D eigenvalue weighted by Gasteiger charge is -2.28. The summed E-state index contributed by atoms with van der Waals surface area (Å²) >= 11 is 0. The van der Waals surface area contributed by atoms with Gasteiger partial charge in [0.1, 0.15) is 6.04 Å². The SMILES string of the molecule is CC(C)N(CCO)C(=O)[C@@H]1CCC(=O)N1. The van der Waals surface area contributed by atoms with E-state index in [1.54, 1.807) is 4.90 Å². The van der Waals surface area contributed by atoms with Crippen LogP contribution in [-0.4, -0.2) is 47.1 Å². The number of amides is 2. The van der Waals surface area contributed by atoms with Crippen LogP contribution in [0.1, 0.15) is 26.7 Å². The van der Waals surface area contributed by atoms with Gasteiger partial charge in [0.05, 0.1) is 6.61 Å². The van der Waals surface area contributed by atoms with Gasteiger partial charge in [-0.1, -0.05) is 0 Å². The molecule has 0 aromatic heterocycles. The highest BCUT2D eigenvalue weighted by Gasteiger charge is 2.31. The largest absolute Gasteiger partial charge is 0.395 e. The zero-order valence-corrected chi connectivity index (χ0v) is 9.19. The van der Waals surface area contributed by atoms with Gasteiger partial charge >= 0.3 is 0 Å². The van der Waals surface area contributed by atoms with Gasteiger partial charge in [0.2, 0.25) is 11.8 Å². The number of rotatable bonds is 4. The molecule has 1 rings (SSSR count). The Labute approximate surface area is 89.4 Å². The number of nitrogens with zero attached hydrogens (tertiary/aromatic N) is 1. The van der Waals surface area contributed by atoms with Crippen LogP contribution in [0.25, 0.3) is 0 Å². The van der Waals surface area contributed by atoms with Crippen LogP contribution >= 0.6 is 0 Å². The molecule has 2 N–H and O–H groups in total. The summed E-state index contributed by atoms with van der Waals surface area (Å²) < 4.78 is 0. The number of carbonyl (C=O) groups is 2. The molecule has 0 bridgehead atoms. The normalized spacial score (nSPS) is 20.5. The predicted molar refractivity (Wildman–Crippen MR) is 55.1 cm³/mol. The first-order chi connectivity index (χ1) is 7.06. The van der Waals surface area contributed by atoms with E-state index in [9.17, 15) is 9.59 Å². The molecule has 1 heterocycles. The summed E-state index contributed by atoms with van der Waals surface area (Å²) in [7, 11) is 0. The highest BCUT2D eigenvalue weighted by atomic mass is 16.3. The summed E-state index contributed by atoms with van der Waals surface area (Å²) in [6, 6.07) is -0.353. The molecule has 5 heteroatoms. The number of hydrogen-bond acceptors (Lipinski definition) is 3. The Kier molecular flexibility index (Phi) is 4.08. The third kappa shape index (κ3) is 2.92. The summed E-state index contributed by atoms with van der Waals surface area (Å²) in [5.41, 5.74) is 0. The Morgan fingerprint density at radius 3 is 2.73 bits per heavy atom. The van der Waals surface area contributed by atoms with E-state index in [2.05, 4.69) is 5.32 Å². The van der Waals surface area contributed by atoms with Gasteiger partial charge in [0.15, 0.2) is 0 Å². The van der Waals surface area contributed by atoms with E-state index in [0.29, 0.717) is 19.4 Å². The standard InChI is InChI=1S/C10H18N2O3/c1-7(2)12(5-6-13)10(15)8-3-4-9(14)11-8/h7-8,13H,3-6H2,1-2H3,(H,11,14)/t8-/m0/s1. The van der Waals surface area contributed by atoms with Crippen molar-refractivity contribution < 1.29 is 14.7 Å². The van der Waals surface area contributed by atoms with Gasteiger partial charge in [-0.05, 0) is 20.3 Å². The van der Waals surface area contributed by atoms with Crippen LogP contribution in [0.3, 0.4) is 0 Å². The van der Waals surface area contributed by atoms with Crippen LogP contribution in [0.4, 0.5) is 0 Å². The van der Waals surface area contributed by atoms with Crippen LogP contribution in [-0.2, 0) is 9.59 Å². The van der Waals surface area contributed by atoms with E-state index >= 15 is 0 Å². The van der Waals surface area contributed by atoms with E-state index < -0.39 is 6.04 Å². The average molecular weight is 214 g/mol. The van der Waals surface area contributed by atoms with Crippen molar-refractivity contribution in [2.24, 2.45) is 0 Å². The fraction of sp³-hybridized carbons (Fsp3) is 0.800. The molecule has 0 saturated carbocycles. The second-order valence-corrected chi connectivity index (χ2v) is 4.01. The molecule has 0 aliphatic carbocycles. The molecular formula is C10H18N2O3. The highest BCUT2D eigenvalue weighted by Crippen LogP contribution is 2.11. The maximum absolute atomic E-state index is 11.9. The molecule has 0 unspecified atom stereocenters. The fourth-order valence-corrected chi connectivity index (χ4v) is 1.73. The van der Waals surface area contributed by atoms with Crippen molar-refractivity contribution in [2.45, 2.75) is 38.8 Å². The van der Waals surface area contributed by atoms with Crippen molar-refractivity contribution in [3.63, 3.8) is 0 Å². The molecule has 1 aliphatic rings. The highest BCUT2D eigenvalue weighted by molar-refractivity contribution is 5.90. The number of aliphatic hydroxyl groups is 1. The summed E-state index contributed by atoms with van der Waals surface area (Å²) in [5, 5.41) is 11.5. The van der Waals surface area contributed by atoms with Crippen LogP contribution in [0.15, 0.2) is 0 Å². The zero-order valence-electron chi connectivity index (χ0n) is 9.19. The molecular weight excluding hydrogens is 196 g/mol. The Morgan fingerprint density at radius 2 is 2.33 bits per heavy atom. The average Bonchev–Trinajstić information content (AvgIpc) is 2.59. The van der Waals surface area contributed by atoms with E-state index in [1.165, 1.54) is 0 Å². The lowest BCUT2D eigenvalue weighted by atomic mass is 10.2. The van der Waals surface area contributed by atoms with Gasteiger partial charge in [0, 0.05) is 19.0 Å². The Morgan fingerprint density at radius 1 is 1.67 bits per heavy atom. The number of hydrogen-bond donors (Lipinski definition) is 2. The molecule has 0 aromatic carbocycles. The predicted octanol–water partition coefficient (Wildman–Crippen LogP) is -0.506. The lowest BCUT2D eigenvalue weighted by Crippen LogP contribution is -2.48. The van der Waals surface area contributed by atoms with Crippen molar-refractivity contribution in [1.82, 2.24) is 10.2 Å². The molecule has 2 amide bonds. The first-order valence-electron chi connectivity index (χ1n) is 5.27. The summed E-state index contributed by atoms with van der Waals surface area (Å²) in [5.74, 6) is -0.161. The Hall–Kier alpha value is -1.10. The van der Waals surface area contributed by atoms with Gasteiger partial charge in [-0.3, -0.25) is 9.59 Å². The monoisotopic (exact) mass is 214 g/mol. The number of aliphatic hydroxyl groups excluding tert-OH is 1. The molecule has 1 fully saturated rings. The summed E-state index contributed by atoms with van der Waals surface area (Å²) in [4.78, 5) is 24.5. The molecule has 15 heavy (non-hydrogen) atoms. The molecule has 0 radical (unpaired) electrons. The zero-order chi connectivity index (χ0) is 11.4. The van der Waals surface area contributed by atoms with Gasteiger partial charge < -0.3 is 15.3 Å². The molecule has 1 saturated heterocycles. The van der Waals surface area contributed by atoms with Gasteiger partial charge in [-0.2, -0.15) is 0 Å². The van der Waals surface area contributed by atoms with Crippen molar-refractivity contribution in [3.05, 3.63) is 0 Å². The van der Waals surface area contributed by atoms with Gasteiger partial charge in [0.25, 0.3) is 0 Å². The van der Waals surface area contributed by atoms with E-state index in [0.717, 1.165) is 0 Å². The van der Waals surface area contributed by atoms with Gasteiger partial charge in [-0.15, -0.1) is 0 Å². The lowest BCUT2D eigenvalue weighted by molar-refractivity contribution is -0.136. The number of carbonyl (C=O) groups excluding carboxylic acids is 2. The van der Waals surface area contributed by atoms with E-state index in [4.69, 9.17) is 5.11 Å². The molecule has 5 nitrogen and oxygen atoms in total. The second-order valence-electron chi connectivity index (χ2n) is 4.01. The minimum Gasteiger partial charge on any atom is -0.395 e. The quantitative estimate of drug-likeness (QED) is 0.662. The first kappa shape index (κ1) is 12.0. The summed E-state index contributed by atoms with van der Waals surface area (Å²) in [6.45, 7) is 4.06. The second kappa shape index (κ2) is 5.11. The molecule has 1 aliphatic heterocycles. The van der Waals surface area contributed by atoms with Crippen LogP contribution < -0.4 is 5.32 Å². The van der Waals surface area contributed by atoms with Crippen molar-refractivity contribution in [3.8, 4) is 0 Å². The summed E-state index contributed by atoms with van der Waals surface area (Å²) in [6.07, 6.45) is 0.980. The molecule has 0 spiro atoms. The van der Waals surface area contributed by atoms with Crippen LogP contribution in [0.2, 0.25) is 0 Å². The molecule has 1 atom stereocenters. The van der Waals surface area contributed by atoms with Crippen molar-refractivity contribution in [1.29, 1.82) is 0 Å². The fourth-order valence-electron chi connectivity index (χ4n) is 1.73. The van der Waals surface area contributed by atoms with Crippen LogP contribution in [0.5, 0.6) is 0 Å². The number of nitrogens with one attached hydrogen (secondary N) is 1. The van der Waals surface area contributed by atoms with Crippen molar-refractivity contribution in [2.75, 3.05) is 13.2 Å². The van der Waals surface area contributed by atoms with Crippen LogP contribution in [0, 0.1) is 0 Å². The maximum atomic E-state index is 11.9. The van der Waals surface area contributed by atoms with E-state index in [1.807, 2.05) is 13.8 Å². The topological polar surface area (TPSA) is 69.6 Å². The minimum absolute atomic E-state index is 0.0437. The first-order valence-corrected chi connectivity index (χ1v) is 5.27. The third-order valence-corrected chi connectivity index (χ3v) is 2.54. The van der Waals surface area contributed by atoms with Crippen molar-refractivity contribution >= 4 is 11.8 Å². The Balaban J connectivity index is 2.59. The Bertz CT molecular complexity index is 253. The minimum atomic E-state index is -0.397. The van der Waals surface area contributed by atoms with Gasteiger partial charge in [-0.25, -0.2) is 0 Å². The molecule has 0 aromatic rings. The third-order valence-electron chi connectivity index (χ3n) is 2.54. The molecule has 86 valence electrons. The smallest absolute Gasteiger partial charge is 0.245 e. The van der Waals surface area contributed by atoms with E-state index in [-0.39, 0.29) is 24.5 Å².